The molecular formula is C19H20O2. The fourth-order valence-electron chi connectivity index (χ4n) is 3.28. The summed E-state index contributed by atoms with van der Waals surface area (Å²) in [6, 6.07) is 13.1. The summed E-state index contributed by atoms with van der Waals surface area (Å²) in [7, 11) is 0. The number of fused-ring (bicyclic) bond motifs is 2. The molecule has 1 atom stereocenters. The van der Waals surface area contributed by atoms with Crippen LogP contribution in [0.5, 0.6) is 11.5 Å². The van der Waals surface area contributed by atoms with Gasteiger partial charge in [-0.05, 0) is 54.2 Å². The van der Waals surface area contributed by atoms with Gasteiger partial charge in [0.2, 0.25) is 0 Å². The van der Waals surface area contributed by atoms with E-state index in [1.807, 2.05) is 0 Å². The second-order valence-corrected chi connectivity index (χ2v) is 6.13. The molecule has 0 bridgehead atoms. The number of benzene rings is 2. The Hall–Kier alpha value is -1.96. The normalized spacial score (nSPS) is 19.4. The first kappa shape index (κ1) is 12.8. The molecule has 2 heteroatoms. The van der Waals surface area contributed by atoms with Crippen molar-refractivity contribution in [3.05, 3.63) is 58.7 Å². The maximum atomic E-state index is 6.20. The molecule has 0 radical (unpaired) electrons. The van der Waals surface area contributed by atoms with E-state index in [4.69, 9.17) is 9.47 Å². The van der Waals surface area contributed by atoms with Crippen molar-refractivity contribution in [1.82, 2.24) is 0 Å². The van der Waals surface area contributed by atoms with Crippen LogP contribution < -0.4 is 9.47 Å². The minimum absolute atomic E-state index is 0.277. The summed E-state index contributed by atoms with van der Waals surface area (Å²) >= 11 is 0. The summed E-state index contributed by atoms with van der Waals surface area (Å²) < 4.78 is 11.9. The first-order chi connectivity index (χ1) is 10.3. The van der Waals surface area contributed by atoms with Crippen LogP contribution in [0.3, 0.4) is 0 Å². The van der Waals surface area contributed by atoms with Crippen LogP contribution in [0, 0.1) is 6.92 Å². The molecule has 0 saturated carbocycles. The molecule has 0 spiro atoms. The summed E-state index contributed by atoms with van der Waals surface area (Å²) in [5.41, 5.74) is 5.26. The summed E-state index contributed by atoms with van der Waals surface area (Å²) in [4.78, 5) is 0. The van der Waals surface area contributed by atoms with Crippen molar-refractivity contribution in [2.75, 3.05) is 6.61 Å². The summed E-state index contributed by atoms with van der Waals surface area (Å²) in [5.74, 6) is 2.14. The van der Waals surface area contributed by atoms with Gasteiger partial charge in [-0.3, -0.25) is 0 Å². The van der Waals surface area contributed by atoms with Gasteiger partial charge in [0.05, 0.1) is 6.61 Å². The van der Waals surface area contributed by atoms with Gasteiger partial charge < -0.3 is 9.47 Å². The summed E-state index contributed by atoms with van der Waals surface area (Å²) in [6.07, 6.45) is 4.49. The van der Waals surface area contributed by atoms with Crippen molar-refractivity contribution >= 4 is 0 Å². The van der Waals surface area contributed by atoms with Gasteiger partial charge in [-0.15, -0.1) is 0 Å². The molecule has 2 heterocycles. The van der Waals surface area contributed by atoms with E-state index in [1.54, 1.807) is 0 Å². The molecular weight excluding hydrogens is 260 g/mol. The highest BCUT2D eigenvalue weighted by molar-refractivity contribution is 5.41. The third-order valence-corrected chi connectivity index (χ3v) is 4.48. The second kappa shape index (κ2) is 5.10. The van der Waals surface area contributed by atoms with Gasteiger partial charge in [-0.2, -0.15) is 0 Å². The quantitative estimate of drug-likeness (QED) is 0.831. The Kier molecular flexibility index (Phi) is 3.10. The molecule has 0 N–H and O–H groups in total. The number of aryl methyl sites for hydroxylation is 2. The molecule has 0 aromatic heterocycles. The largest absolute Gasteiger partial charge is 0.493 e. The van der Waals surface area contributed by atoms with Crippen LogP contribution in [0.15, 0.2) is 36.4 Å². The van der Waals surface area contributed by atoms with E-state index in [2.05, 4.69) is 43.3 Å². The van der Waals surface area contributed by atoms with Crippen molar-refractivity contribution in [2.24, 2.45) is 0 Å². The first-order valence-corrected chi connectivity index (χ1v) is 7.79. The lowest BCUT2D eigenvalue weighted by Gasteiger charge is -2.26. The lowest BCUT2D eigenvalue weighted by Crippen LogP contribution is -2.25. The van der Waals surface area contributed by atoms with Gasteiger partial charge >= 0.3 is 0 Å². The van der Waals surface area contributed by atoms with Gasteiger partial charge in [0.25, 0.3) is 0 Å². The Balaban J connectivity index is 1.51. The minimum atomic E-state index is 0.277. The van der Waals surface area contributed by atoms with Crippen LogP contribution >= 0.6 is 0 Å². The molecule has 1 unspecified atom stereocenters. The average molecular weight is 280 g/mol. The van der Waals surface area contributed by atoms with E-state index in [9.17, 15) is 0 Å². The van der Waals surface area contributed by atoms with Crippen molar-refractivity contribution in [3.63, 3.8) is 0 Å². The predicted octanol–water partition coefficient (Wildman–Crippen LogP) is 3.87. The fraction of sp³-hybridized carbons (Fsp3) is 0.368. The number of hydrogen-bond donors (Lipinski definition) is 0. The topological polar surface area (TPSA) is 18.5 Å². The molecule has 2 nitrogen and oxygen atoms in total. The zero-order chi connectivity index (χ0) is 14.2. The lowest BCUT2D eigenvalue weighted by atomic mass is 9.96. The first-order valence-electron chi connectivity index (χ1n) is 7.79. The third kappa shape index (κ3) is 2.51. The number of hydrogen-bond acceptors (Lipinski definition) is 2. The van der Waals surface area contributed by atoms with Crippen molar-refractivity contribution in [1.29, 1.82) is 0 Å². The molecule has 4 rings (SSSR count). The second-order valence-electron chi connectivity index (χ2n) is 6.13. The summed E-state index contributed by atoms with van der Waals surface area (Å²) in [5, 5.41) is 0. The molecule has 0 saturated heterocycles. The smallest absolute Gasteiger partial charge is 0.123 e. The summed E-state index contributed by atoms with van der Waals surface area (Å²) in [6.45, 7) is 2.94. The Bertz CT molecular complexity index is 675. The van der Waals surface area contributed by atoms with Crippen LogP contribution in [0.1, 0.15) is 28.7 Å². The highest BCUT2D eigenvalue weighted by Crippen LogP contribution is 2.31. The molecule has 21 heavy (non-hydrogen) atoms. The third-order valence-electron chi connectivity index (χ3n) is 4.48. The standard InChI is InChI=1S/C19H20O2/c1-13-2-4-15-6-7-17(21-19(15)10-13)11-14-3-5-16-8-9-20-18(16)12-14/h2-5,10,12,17H,6-9,11H2,1H3. The van der Waals surface area contributed by atoms with Gasteiger partial charge in [0.1, 0.15) is 17.6 Å². The maximum Gasteiger partial charge on any atom is 0.123 e. The van der Waals surface area contributed by atoms with Gasteiger partial charge in [0.15, 0.2) is 0 Å². The van der Waals surface area contributed by atoms with Crippen LogP contribution in [0.25, 0.3) is 0 Å². The van der Waals surface area contributed by atoms with E-state index >= 15 is 0 Å². The monoisotopic (exact) mass is 280 g/mol. The molecule has 2 aliphatic rings. The molecule has 108 valence electrons. The van der Waals surface area contributed by atoms with Crippen molar-refractivity contribution in [3.8, 4) is 11.5 Å². The number of rotatable bonds is 2. The minimum Gasteiger partial charge on any atom is -0.493 e. The molecule has 0 aliphatic carbocycles. The lowest BCUT2D eigenvalue weighted by molar-refractivity contribution is 0.173. The zero-order valence-corrected chi connectivity index (χ0v) is 12.4. The zero-order valence-electron chi connectivity index (χ0n) is 12.4. The van der Waals surface area contributed by atoms with E-state index in [-0.39, 0.29) is 6.10 Å². The van der Waals surface area contributed by atoms with Gasteiger partial charge in [-0.25, -0.2) is 0 Å². The SMILES string of the molecule is Cc1ccc2c(c1)OC(Cc1ccc3c(c1)OCC3)CC2. The van der Waals surface area contributed by atoms with Crippen molar-refractivity contribution in [2.45, 2.75) is 38.7 Å². The molecule has 0 amide bonds. The highest BCUT2D eigenvalue weighted by Gasteiger charge is 2.21. The Labute approximate surface area is 125 Å². The van der Waals surface area contributed by atoms with Crippen LogP contribution in [0.2, 0.25) is 0 Å². The van der Waals surface area contributed by atoms with Crippen LogP contribution in [-0.2, 0) is 19.3 Å². The average Bonchev–Trinajstić information content (AvgIpc) is 2.94. The van der Waals surface area contributed by atoms with Gasteiger partial charge in [0, 0.05) is 12.8 Å². The maximum absolute atomic E-state index is 6.20. The van der Waals surface area contributed by atoms with Gasteiger partial charge in [-0.1, -0.05) is 24.3 Å². The number of ether oxygens (including phenoxy) is 2. The van der Waals surface area contributed by atoms with E-state index in [1.165, 1.54) is 22.3 Å². The van der Waals surface area contributed by atoms with E-state index < -0.39 is 0 Å². The molecule has 2 aromatic rings. The highest BCUT2D eigenvalue weighted by atomic mass is 16.5. The predicted molar refractivity (Wildman–Crippen MR) is 83.3 cm³/mol. The van der Waals surface area contributed by atoms with Crippen LogP contribution in [-0.4, -0.2) is 12.7 Å². The molecule has 2 aliphatic heterocycles. The Morgan fingerprint density at radius 3 is 2.81 bits per heavy atom. The Morgan fingerprint density at radius 1 is 1.00 bits per heavy atom. The van der Waals surface area contributed by atoms with Crippen LogP contribution in [0.4, 0.5) is 0 Å². The molecule has 2 aromatic carbocycles. The fourth-order valence-corrected chi connectivity index (χ4v) is 3.28. The Morgan fingerprint density at radius 2 is 1.86 bits per heavy atom. The van der Waals surface area contributed by atoms with E-state index in [0.717, 1.165) is 43.8 Å². The van der Waals surface area contributed by atoms with Crippen molar-refractivity contribution < 1.29 is 9.47 Å². The molecule has 0 fully saturated rings. The van der Waals surface area contributed by atoms with E-state index in [0.29, 0.717) is 0 Å².